The summed E-state index contributed by atoms with van der Waals surface area (Å²) in [6.07, 6.45) is 1.64. The molecule has 0 aliphatic rings. The molecule has 0 saturated heterocycles. The van der Waals surface area contributed by atoms with Crippen molar-refractivity contribution in [3.63, 3.8) is 0 Å². The molecule has 0 aliphatic carbocycles. The Hall–Kier alpha value is -1.88. The second kappa shape index (κ2) is 6.52. The summed E-state index contributed by atoms with van der Waals surface area (Å²) in [7, 11) is 0.560. The van der Waals surface area contributed by atoms with Gasteiger partial charge in [-0.25, -0.2) is 4.39 Å². The zero-order valence-corrected chi connectivity index (χ0v) is 12.2. The van der Waals surface area contributed by atoms with Crippen LogP contribution in [0.15, 0.2) is 47.4 Å². The summed E-state index contributed by atoms with van der Waals surface area (Å²) in [5, 5.41) is 3.02. The maximum absolute atomic E-state index is 13.6. The van der Waals surface area contributed by atoms with Crippen molar-refractivity contribution < 1.29 is 13.3 Å². The summed E-state index contributed by atoms with van der Waals surface area (Å²) in [4.78, 5) is 0.779. The van der Waals surface area contributed by atoms with Gasteiger partial charge in [0.15, 0.2) is 0 Å². The molecule has 0 aromatic heterocycles. The van der Waals surface area contributed by atoms with Crippen molar-refractivity contribution >= 4 is 16.5 Å². The SMILES string of the molecule is COc1ccc(F)c(NCc2ccc(S(C)=O)cc2)c1. The number of benzene rings is 2. The molecular formula is C15H16FNO2S. The van der Waals surface area contributed by atoms with Crippen LogP contribution in [0.5, 0.6) is 5.75 Å². The Bertz CT molecular complexity index is 614. The van der Waals surface area contributed by atoms with E-state index < -0.39 is 10.8 Å². The molecule has 3 nitrogen and oxygen atoms in total. The third-order valence-corrected chi connectivity index (χ3v) is 3.85. The van der Waals surface area contributed by atoms with E-state index in [1.165, 1.54) is 6.07 Å². The molecule has 0 aliphatic heterocycles. The van der Waals surface area contributed by atoms with Gasteiger partial charge in [0.2, 0.25) is 0 Å². The topological polar surface area (TPSA) is 38.3 Å². The Labute approximate surface area is 120 Å². The van der Waals surface area contributed by atoms with Crippen LogP contribution in [0.3, 0.4) is 0 Å². The molecule has 1 atom stereocenters. The van der Waals surface area contributed by atoms with E-state index in [0.717, 1.165) is 10.5 Å². The maximum Gasteiger partial charge on any atom is 0.146 e. The van der Waals surface area contributed by atoms with Crippen LogP contribution in [0.2, 0.25) is 0 Å². The third-order valence-electron chi connectivity index (χ3n) is 2.91. The number of methoxy groups -OCH3 is 1. The molecule has 0 heterocycles. The van der Waals surface area contributed by atoms with Crippen LogP contribution in [0.4, 0.5) is 10.1 Å². The summed E-state index contributed by atoms with van der Waals surface area (Å²) in [6, 6.07) is 11.9. The van der Waals surface area contributed by atoms with Crippen molar-refractivity contribution in [1.82, 2.24) is 0 Å². The molecule has 0 bridgehead atoms. The summed E-state index contributed by atoms with van der Waals surface area (Å²) >= 11 is 0. The van der Waals surface area contributed by atoms with Gasteiger partial charge in [-0.3, -0.25) is 4.21 Å². The van der Waals surface area contributed by atoms with E-state index in [4.69, 9.17) is 4.74 Å². The first kappa shape index (κ1) is 14.5. The molecule has 2 rings (SSSR count). The van der Waals surface area contributed by atoms with Crippen molar-refractivity contribution in [3.8, 4) is 5.75 Å². The minimum atomic E-state index is -0.982. The molecule has 2 aromatic carbocycles. The Morgan fingerprint density at radius 1 is 1.20 bits per heavy atom. The Kier molecular flexibility index (Phi) is 4.74. The van der Waals surface area contributed by atoms with Gasteiger partial charge in [0.05, 0.1) is 12.8 Å². The lowest BCUT2D eigenvalue weighted by atomic mass is 10.2. The molecular weight excluding hydrogens is 277 g/mol. The molecule has 1 unspecified atom stereocenters. The summed E-state index contributed by atoms with van der Waals surface area (Å²) < 4.78 is 30.0. The van der Waals surface area contributed by atoms with Crippen LogP contribution in [-0.2, 0) is 17.3 Å². The van der Waals surface area contributed by atoms with Crippen LogP contribution < -0.4 is 10.1 Å². The smallest absolute Gasteiger partial charge is 0.146 e. The monoisotopic (exact) mass is 293 g/mol. The van der Waals surface area contributed by atoms with E-state index in [0.29, 0.717) is 18.0 Å². The molecule has 20 heavy (non-hydrogen) atoms. The molecule has 0 spiro atoms. The average Bonchev–Trinajstić information content (AvgIpc) is 2.47. The van der Waals surface area contributed by atoms with Gasteiger partial charge in [-0.1, -0.05) is 12.1 Å². The van der Waals surface area contributed by atoms with Crippen molar-refractivity contribution in [2.45, 2.75) is 11.4 Å². The van der Waals surface area contributed by atoms with Gasteiger partial charge in [-0.05, 0) is 29.8 Å². The fourth-order valence-corrected chi connectivity index (χ4v) is 2.28. The lowest BCUT2D eigenvalue weighted by Gasteiger charge is -2.09. The quantitative estimate of drug-likeness (QED) is 0.920. The number of nitrogens with one attached hydrogen (secondary N) is 1. The van der Waals surface area contributed by atoms with Crippen LogP contribution in [-0.4, -0.2) is 17.6 Å². The first-order chi connectivity index (χ1) is 9.60. The van der Waals surface area contributed by atoms with E-state index in [2.05, 4.69) is 5.32 Å². The van der Waals surface area contributed by atoms with Gasteiger partial charge >= 0.3 is 0 Å². The second-order valence-corrected chi connectivity index (χ2v) is 5.68. The minimum Gasteiger partial charge on any atom is -0.497 e. The number of hydrogen-bond acceptors (Lipinski definition) is 3. The van der Waals surface area contributed by atoms with E-state index >= 15 is 0 Å². The Morgan fingerprint density at radius 3 is 2.50 bits per heavy atom. The highest BCUT2D eigenvalue weighted by molar-refractivity contribution is 7.84. The predicted octanol–water partition coefficient (Wildman–Crippen LogP) is 3.18. The van der Waals surface area contributed by atoms with Gasteiger partial charge < -0.3 is 10.1 Å². The van der Waals surface area contributed by atoms with Crippen molar-refractivity contribution in [3.05, 3.63) is 53.8 Å². The Morgan fingerprint density at radius 2 is 1.90 bits per heavy atom. The standard InChI is InChI=1S/C15H16FNO2S/c1-19-12-5-8-14(16)15(9-12)17-10-11-3-6-13(7-4-11)20(2)18/h3-9,17H,10H2,1-2H3. The molecule has 0 radical (unpaired) electrons. The van der Waals surface area contributed by atoms with E-state index in [1.54, 1.807) is 25.5 Å². The Balaban J connectivity index is 2.06. The summed E-state index contributed by atoms with van der Waals surface area (Å²) in [5.41, 5.74) is 1.38. The summed E-state index contributed by atoms with van der Waals surface area (Å²) in [5.74, 6) is 0.280. The van der Waals surface area contributed by atoms with Crippen LogP contribution in [0.1, 0.15) is 5.56 Å². The number of rotatable bonds is 5. The number of halogens is 1. The van der Waals surface area contributed by atoms with Gasteiger partial charge in [-0.15, -0.1) is 0 Å². The van der Waals surface area contributed by atoms with Crippen molar-refractivity contribution in [1.29, 1.82) is 0 Å². The van der Waals surface area contributed by atoms with Crippen LogP contribution >= 0.6 is 0 Å². The number of ether oxygens (including phenoxy) is 1. The highest BCUT2D eigenvalue weighted by Crippen LogP contribution is 2.21. The molecule has 0 amide bonds. The normalized spacial score (nSPS) is 11.9. The largest absolute Gasteiger partial charge is 0.497 e. The fourth-order valence-electron chi connectivity index (χ4n) is 1.76. The molecule has 0 saturated carbocycles. The maximum atomic E-state index is 13.6. The van der Waals surface area contributed by atoms with E-state index in [1.807, 2.05) is 24.3 Å². The first-order valence-corrected chi connectivity index (χ1v) is 7.65. The van der Waals surface area contributed by atoms with Gasteiger partial charge in [-0.2, -0.15) is 0 Å². The molecule has 2 aromatic rings. The molecule has 1 N–H and O–H groups in total. The molecule has 0 fully saturated rings. The summed E-state index contributed by atoms with van der Waals surface area (Å²) in [6.45, 7) is 0.487. The number of anilines is 1. The zero-order chi connectivity index (χ0) is 14.5. The van der Waals surface area contributed by atoms with Crippen LogP contribution in [0, 0.1) is 5.82 Å². The zero-order valence-electron chi connectivity index (χ0n) is 11.4. The minimum absolute atomic E-state index is 0.322. The van der Waals surface area contributed by atoms with Gasteiger partial charge in [0, 0.05) is 34.6 Å². The fraction of sp³-hybridized carbons (Fsp3) is 0.200. The van der Waals surface area contributed by atoms with Gasteiger partial charge in [0.25, 0.3) is 0 Å². The van der Waals surface area contributed by atoms with E-state index in [-0.39, 0.29) is 5.82 Å². The highest BCUT2D eigenvalue weighted by Gasteiger charge is 2.04. The lowest BCUT2D eigenvalue weighted by molar-refractivity contribution is 0.414. The third kappa shape index (κ3) is 3.57. The molecule has 106 valence electrons. The van der Waals surface area contributed by atoms with Crippen LogP contribution in [0.25, 0.3) is 0 Å². The van der Waals surface area contributed by atoms with Crippen molar-refractivity contribution in [2.24, 2.45) is 0 Å². The second-order valence-electron chi connectivity index (χ2n) is 4.30. The number of hydrogen-bond donors (Lipinski definition) is 1. The average molecular weight is 293 g/mol. The van der Waals surface area contributed by atoms with E-state index in [9.17, 15) is 8.60 Å². The lowest BCUT2D eigenvalue weighted by Crippen LogP contribution is -2.02. The first-order valence-electron chi connectivity index (χ1n) is 6.10. The van der Waals surface area contributed by atoms with Crippen molar-refractivity contribution in [2.75, 3.05) is 18.7 Å². The highest BCUT2D eigenvalue weighted by atomic mass is 32.2. The predicted molar refractivity (Wildman–Crippen MR) is 79.1 cm³/mol. The molecule has 5 heteroatoms. The van der Waals surface area contributed by atoms with Gasteiger partial charge in [0.1, 0.15) is 11.6 Å².